The molecule has 0 bridgehead atoms. The van der Waals surface area contributed by atoms with Crippen molar-refractivity contribution in [1.29, 1.82) is 0 Å². The Morgan fingerprint density at radius 1 is 1.41 bits per heavy atom. The molecule has 0 atom stereocenters. The van der Waals surface area contributed by atoms with Crippen LogP contribution in [0, 0.1) is 13.8 Å². The normalized spacial score (nSPS) is 10.5. The molecule has 0 unspecified atom stereocenters. The van der Waals surface area contributed by atoms with Crippen LogP contribution in [0.1, 0.15) is 21.7 Å². The largest absolute Gasteiger partial charge is 0.478 e. The molecule has 0 aliphatic rings. The monoisotopic (exact) mass is 231 g/mol. The number of nitrogens with two attached hydrogens (primary N) is 1. The number of rotatable bonds is 2. The SMILES string of the molecule is Cc1ncn(-c2ccc(C(=O)O)c(N)c2)c1C. The summed E-state index contributed by atoms with van der Waals surface area (Å²) >= 11 is 0. The van der Waals surface area contributed by atoms with E-state index >= 15 is 0 Å². The molecule has 0 fully saturated rings. The van der Waals surface area contributed by atoms with Crippen molar-refractivity contribution in [2.75, 3.05) is 5.73 Å². The van der Waals surface area contributed by atoms with Crippen LogP contribution < -0.4 is 5.73 Å². The molecule has 0 saturated carbocycles. The third-order valence-corrected chi connectivity index (χ3v) is 2.80. The van der Waals surface area contributed by atoms with Gasteiger partial charge in [-0.2, -0.15) is 0 Å². The van der Waals surface area contributed by atoms with E-state index in [2.05, 4.69) is 4.98 Å². The fraction of sp³-hybridized carbons (Fsp3) is 0.167. The van der Waals surface area contributed by atoms with Crippen LogP contribution in [0.5, 0.6) is 0 Å². The Kier molecular flexibility index (Phi) is 2.59. The van der Waals surface area contributed by atoms with Gasteiger partial charge >= 0.3 is 5.97 Å². The lowest BCUT2D eigenvalue weighted by Crippen LogP contribution is -2.04. The zero-order valence-corrected chi connectivity index (χ0v) is 9.64. The number of carboxylic acids is 1. The summed E-state index contributed by atoms with van der Waals surface area (Å²) in [6.45, 7) is 3.87. The molecule has 0 radical (unpaired) electrons. The predicted molar refractivity (Wildman–Crippen MR) is 64.4 cm³/mol. The minimum absolute atomic E-state index is 0.114. The molecule has 5 heteroatoms. The molecular formula is C12H13N3O2. The maximum absolute atomic E-state index is 10.8. The van der Waals surface area contributed by atoms with Gasteiger partial charge in [0.2, 0.25) is 0 Å². The molecule has 1 aromatic carbocycles. The lowest BCUT2D eigenvalue weighted by Gasteiger charge is -2.08. The number of nitrogens with zero attached hydrogens (tertiary/aromatic N) is 2. The number of aromatic carboxylic acids is 1. The number of aryl methyl sites for hydroxylation is 1. The number of imidazole rings is 1. The summed E-state index contributed by atoms with van der Waals surface area (Å²) in [7, 11) is 0. The van der Waals surface area contributed by atoms with Crippen molar-refractivity contribution in [3.05, 3.63) is 41.5 Å². The molecule has 2 rings (SSSR count). The summed E-state index contributed by atoms with van der Waals surface area (Å²) in [5.74, 6) is -1.02. The molecular weight excluding hydrogens is 218 g/mol. The van der Waals surface area contributed by atoms with E-state index in [4.69, 9.17) is 10.8 Å². The van der Waals surface area contributed by atoms with Gasteiger partial charge in [-0.15, -0.1) is 0 Å². The number of aromatic nitrogens is 2. The summed E-state index contributed by atoms with van der Waals surface area (Å²) in [6, 6.07) is 4.85. The number of hydrogen-bond donors (Lipinski definition) is 2. The molecule has 1 aromatic heterocycles. The second kappa shape index (κ2) is 3.93. The van der Waals surface area contributed by atoms with E-state index in [9.17, 15) is 4.79 Å². The van der Waals surface area contributed by atoms with Crippen molar-refractivity contribution >= 4 is 11.7 Å². The zero-order chi connectivity index (χ0) is 12.6. The summed E-state index contributed by atoms with van der Waals surface area (Å²) < 4.78 is 1.87. The number of carboxylic acid groups (broad SMARTS) is 1. The Hall–Kier alpha value is -2.30. The van der Waals surface area contributed by atoms with Crippen LogP contribution >= 0.6 is 0 Å². The summed E-state index contributed by atoms with van der Waals surface area (Å²) in [5.41, 5.74) is 8.82. The van der Waals surface area contributed by atoms with Crippen molar-refractivity contribution < 1.29 is 9.90 Å². The highest BCUT2D eigenvalue weighted by Crippen LogP contribution is 2.19. The number of carbonyl (C=O) groups is 1. The minimum Gasteiger partial charge on any atom is -0.478 e. The van der Waals surface area contributed by atoms with E-state index in [1.807, 2.05) is 18.4 Å². The Morgan fingerprint density at radius 3 is 2.59 bits per heavy atom. The first-order valence-electron chi connectivity index (χ1n) is 5.14. The maximum atomic E-state index is 10.8. The van der Waals surface area contributed by atoms with Crippen LogP contribution in [0.2, 0.25) is 0 Å². The fourth-order valence-electron chi connectivity index (χ4n) is 1.65. The van der Waals surface area contributed by atoms with Gasteiger partial charge in [0.1, 0.15) is 0 Å². The topological polar surface area (TPSA) is 81.1 Å². The van der Waals surface area contributed by atoms with Gasteiger partial charge in [0.25, 0.3) is 0 Å². The summed E-state index contributed by atoms with van der Waals surface area (Å²) in [5, 5.41) is 8.89. The van der Waals surface area contributed by atoms with Crippen molar-refractivity contribution in [1.82, 2.24) is 9.55 Å². The molecule has 5 nitrogen and oxygen atoms in total. The Balaban J connectivity index is 2.52. The predicted octanol–water partition coefficient (Wildman–Crippen LogP) is 1.77. The smallest absolute Gasteiger partial charge is 0.337 e. The highest BCUT2D eigenvalue weighted by molar-refractivity contribution is 5.94. The van der Waals surface area contributed by atoms with Gasteiger partial charge in [0, 0.05) is 17.1 Å². The van der Waals surface area contributed by atoms with E-state index in [0.29, 0.717) is 0 Å². The quantitative estimate of drug-likeness (QED) is 0.772. The van der Waals surface area contributed by atoms with Gasteiger partial charge in [0.05, 0.1) is 17.6 Å². The molecule has 88 valence electrons. The third kappa shape index (κ3) is 1.87. The van der Waals surface area contributed by atoms with Gasteiger partial charge in [0.15, 0.2) is 0 Å². The van der Waals surface area contributed by atoms with Gasteiger partial charge in [-0.05, 0) is 32.0 Å². The minimum atomic E-state index is -1.02. The van der Waals surface area contributed by atoms with Crippen LogP contribution in [0.15, 0.2) is 24.5 Å². The molecule has 0 amide bonds. The van der Waals surface area contributed by atoms with E-state index in [1.165, 1.54) is 6.07 Å². The zero-order valence-electron chi connectivity index (χ0n) is 9.64. The van der Waals surface area contributed by atoms with Crippen molar-refractivity contribution in [2.45, 2.75) is 13.8 Å². The van der Waals surface area contributed by atoms with Crippen LogP contribution in [0.4, 0.5) is 5.69 Å². The molecule has 17 heavy (non-hydrogen) atoms. The molecule has 0 aliphatic carbocycles. The first kappa shape index (κ1) is 11.2. The van der Waals surface area contributed by atoms with Crippen LogP contribution in [-0.4, -0.2) is 20.6 Å². The maximum Gasteiger partial charge on any atom is 0.337 e. The van der Waals surface area contributed by atoms with Crippen molar-refractivity contribution in [3.63, 3.8) is 0 Å². The van der Waals surface area contributed by atoms with Gasteiger partial charge < -0.3 is 15.4 Å². The summed E-state index contributed by atoms with van der Waals surface area (Å²) in [4.78, 5) is 15.0. The molecule has 1 heterocycles. The van der Waals surface area contributed by atoms with E-state index in [-0.39, 0.29) is 11.3 Å². The van der Waals surface area contributed by atoms with Crippen LogP contribution in [-0.2, 0) is 0 Å². The number of hydrogen-bond acceptors (Lipinski definition) is 3. The van der Waals surface area contributed by atoms with E-state index in [0.717, 1.165) is 17.1 Å². The first-order valence-corrected chi connectivity index (χ1v) is 5.14. The van der Waals surface area contributed by atoms with E-state index < -0.39 is 5.97 Å². The first-order chi connectivity index (χ1) is 8.00. The third-order valence-electron chi connectivity index (χ3n) is 2.80. The van der Waals surface area contributed by atoms with Crippen molar-refractivity contribution in [2.24, 2.45) is 0 Å². The number of anilines is 1. The fourth-order valence-corrected chi connectivity index (χ4v) is 1.65. The van der Waals surface area contributed by atoms with Crippen LogP contribution in [0.25, 0.3) is 5.69 Å². The highest BCUT2D eigenvalue weighted by atomic mass is 16.4. The number of nitrogen functional groups attached to an aromatic ring is 1. The molecule has 0 aliphatic heterocycles. The van der Waals surface area contributed by atoms with Crippen molar-refractivity contribution in [3.8, 4) is 5.69 Å². The molecule has 2 aromatic rings. The second-order valence-electron chi connectivity index (χ2n) is 3.86. The standard InChI is InChI=1S/C12H13N3O2/c1-7-8(2)15(6-14-7)9-3-4-10(12(16)17)11(13)5-9/h3-6H,13H2,1-2H3,(H,16,17). The lowest BCUT2D eigenvalue weighted by atomic mass is 10.1. The Labute approximate surface area is 98.5 Å². The molecule has 0 saturated heterocycles. The lowest BCUT2D eigenvalue weighted by molar-refractivity contribution is 0.0698. The second-order valence-corrected chi connectivity index (χ2v) is 3.86. The van der Waals surface area contributed by atoms with Gasteiger partial charge in [-0.3, -0.25) is 0 Å². The Bertz CT molecular complexity index is 587. The molecule has 0 spiro atoms. The summed E-state index contributed by atoms with van der Waals surface area (Å²) in [6.07, 6.45) is 1.69. The van der Waals surface area contributed by atoms with Gasteiger partial charge in [-0.1, -0.05) is 0 Å². The highest BCUT2D eigenvalue weighted by Gasteiger charge is 2.10. The molecule has 3 N–H and O–H groups in total. The average molecular weight is 231 g/mol. The van der Waals surface area contributed by atoms with Crippen LogP contribution in [0.3, 0.4) is 0 Å². The average Bonchev–Trinajstić information content (AvgIpc) is 2.59. The van der Waals surface area contributed by atoms with Gasteiger partial charge in [-0.25, -0.2) is 9.78 Å². The van der Waals surface area contributed by atoms with E-state index in [1.54, 1.807) is 18.5 Å². The Morgan fingerprint density at radius 2 is 2.12 bits per heavy atom. The number of benzene rings is 1.